The Morgan fingerprint density at radius 1 is 1.43 bits per heavy atom. The highest BCUT2D eigenvalue weighted by Gasteiger charge is 2.24. The second-order valence-corrected chi connectivity index (χ2v) is 6.49. The van der Waals surface area contributed by atoms with Crippen molar-refractivity contribution in [3.05, 3.63) is 34.8 Å². The largest absolute Gasteiger partial charge is 0.497 e. The van der Waals surface area contributed by atoms with E-state index in [9.17, 15) is 0 Å². The summed E-state index contributed by atoms with van der Waals surface area (Å²) in [5, 5.41) is 4.78. The number of benzene rings is 1. The van der Waals surface area contributed by atoms with Gasteiger partial charge in [-0.3, -0.25) is 0 Å². The Morgan fingerprint density at radius 2 is 2.33 bits per heavy atom. The quantitative estimate of drug-likeness (QED) is 0.899. The highest BCUT2D eigenvalue weighted by Crippen LogP contribution is 2.38. The smallest absolute Gasteiger partial charge is 0.124 e. The molecule has 1 aromatic heterocycles. The van der Waals surface area contributed by atoms with E-state index < -0.39 is 0 Å². The van der Waals surface area contributed by atoms with Crippen LogP contribution in [0.1, 0.15) is 42.8 Å². The van der Waals surface area contributed by atoms with Gasteiger partial charge in [0.05, 0.1) is 12.8 Å². The molecule has 0 radical (unpaired) electrons. The molecule has 0 fully saturated rings. The fraction of sp³-hybridized carbons (Fsp3) is 0.471. The Hall–Kier alpha value is -1.39. The average Bonchev–Trinajstić information content (AvgIpc) is 2.97. The predicted octanol–water partition coefficient (Wildman–Crippen LogP) is 4.20. The maximum atomic E-state index is 5.32. The Kier molecular flexibility index (Phi) is 4.56. The molecule has 1 heterocycles. The van der Waals surface area contributed by atoms with Crippen molar-refractivity contribution >= 4 is 11.3 Å². The molecule has 3 rings (SSSR count). The summed E-state index contributed by atoms with van der Waals surface area (Å²) in [4.78, 5) is 6.32. The van der Waals surface area contributed by atoms with Crippen molar-refractivity contribution in [3.63, 3.8) is 0 Å². The molecule has 0 saturated carbocycles. The van der Waals surface area contributed by atoms with Crippen LogP contribution in [-0.2, 0) is 6.42 Å². The number of fused-ring (bicyclic) bond motifs is 1. The Bertz CT molecular complexity index is 609. The van der Waals surface area contributed by atoms with E-state index in [1.807, 2.05) is 23.5 Å². The number of ether oxygens (including phenoxy) is 1. The first kappa shape index (κ1) is 14.5. The Balaban J connectivity index is 1.90. The zero-order valence-electron chi connectivity index (χ0n) is 12.7. The van der Waals surface area contributed by atoms with Crippen LogP contribution >= 0.6 is 11.3 Å². The first-order valence-electron chi connectivity index (χ1n) is 7.69. The normalized spacial score (nSPS) is 17.5. The Morgan fingerprint density at radius 3 is 3.14 bits per heavy atom. The van der Waals surface area contributed by atoms with Crippen LogP contribution in [0.15, 0.2) is 24.3 Å². The molecule has 1 atom stereocenters. The number of rotatable bonds is 5. The van der Waals surface area contributed by atoms with E-state index in [1.165, 1.54) is 29.8 Å². The summed E-state index contributed by atoms with van der Waals surface area (Å²) in [6.45, 7) is 3.29. The van der Waals surface area contributed by atoms with E-state index in [1.54, 1.807) is 7.11 Å². The second kappa shape index (κ2) is 6.58. The van der Waals surface area contributed by atoms with Crippen molar-refractivity contribution in [2.24, 2.45) is 0 Å². The highest BCUT2D eigenvalue weighted by molar-refractivity contribution is 7.15. The molecule has 112 valence electrons. The summed E-state index contributed by atoms with van der Waals surface area (Å²) in [7, 11) is 1.71. The lowest BCUT2D eigenvalue weighted by Crippen LogP contribution is -2.24. The van der Waals surface area contributed by atoms with Crippen molar-refractivity contribution in [3.8, 4) is 16.3 Å². The number of thiazole rings is 1. The van der Waals surface area contributed by atoms with Gasteiger partial charge < -0.3 is 10.1 Å². The van der Waals surface area contributed by atoms with E-state index in [0.29, 0.717) is 6.04 Å². The third kappa shape index (κ3) is 3.11. The minimum absolute atomic E-state index is 0.491. The predicted molar refractivity (Wildman–Crippen MR) is 88.1 cm³/mol. The molecular formula is C17H22N2OS. The maximum Gasteiger partial charge on any atom is 0.124 e. The molecule has 21 heavy (non-hydrogen) atoms. The van der Waals surface area contributed by atoms with Gasteiger partial charge >= 0.3 is 0 Å². The summed E-state index contributed by atoms with van der Waals surface area (Å²) >= 11 is 1.84. The molecule has 2 aromatic rings. The first-order valence-corrected chi connectivity index (χ1v) is 8.51. The SMILES string of the molecule is CCCNC1CCCc2nc(-c3cccc(OC)c3)sc21. The molecule has 1 N–H and O–H groups in total. The fourth-order valence-electron chi connectivity index (χ4n) is 2.81. The molecule has 3 nitrogen and oxygen atoms in total. The highest BCUT2D eigenvalue weighted by atomic mass is 32.1. The number of aryl methyl sites for hydroxylation is 1. The monoisotopic (exact) mass is 302 g/mol. The second-order valence-electron chi connectivity index (χ2n) is 5.46. The molecule has 1 aromatic carbocycles. The molecule has 1 aliphatic rings. The van der Waals surface area contributed by atoms with Gasteiger partial charge in [-0.1, -0.05) is 19.1 Å². The summed E-state index contributed by atoms with van der Waals surface area (Å²) in [5.74, 6) is 0.890. The molecular weight excluding hydrogens is 280 g/mol. The van der Waals surface area contributed by atoms with Crippen LogP contribution < -0.4 is 10.1 Å². The standard InChI is InChI=1S/C17H22N2OS/c1-3-10-18-14-8-5-9-15-16(14)21-17(19-15)12-6-4-7-13(11-12)20-2/h4,6-7,11,14,18H,3,5,8-10H2,1-2H3. The van der Waals surface area contributed by atoms with Crippen molar-refractivity contribution in [2.75, 3.05) is 13.7 Å². The van der Waals surface area contributed by atoms with Gasteiger partial charge in [0, 0.05) is 16.5 Å². The Labute approximate surface area is 130 Å². The molecule has 1 aliphatic carbocycles. The van der Waals surface area contributed by atoms with Gasteiger partial charge in [-0.15, -0.1) is 11.3 Å². The number of nitrogens with zero attached hydrogens (tertiary/aromatic N) is 1. The van der Waals surface area contributed by atoms with Crippen molar-refractivity contribution in [1.29, 1.82) is 0 Å². The van der Waals surface area contributed by atoms with Crippen molar-refractivity contribution in [2.45, 2.75) is 38.6 Å². The van der Waals surface area contributed by atoms with Crippen LogP contribution in [0, 0.1) is 0 Å². The number of hydrogen-bond donors (Lipinski definition) is 1. The van der Waals surface area contributed by atoms with E-state index >= 15 is 0 Å². The molecule has 1 unspecified atom stereocenters. The summed E-state index contributed by atoms with van der Waals surface area (Å²) < 4.78 is 5.32. The van der Waals surface area contributed by atoms with Gasteiger partial charge in [-0.2, -0.15) is 0 Å². The lowest BCUT2D eigenvalue weighted by Gasteiger charge is -2.22. The molecule has 4 heteroatoms. The van der Waals surface area contributed by atoms with E-state index in [2.05, 4.69) is 24.4 Å². The zero-order chi connectivity index (χ0) is 14.7. The minimum Gasteiger partial charge on any atom is -0.497 e. The number of nitrogens with one attached hydrogen (secondary N) is 1. The van der Waals surface area contributed by atoms with Gasteiger partial charge in [0.15, 0.2) is 0 Å². The topological polar surface area (TPSA) is 34.2 Å². The van der Waals surface area contributed by atoms with Gasteiger partial charge in [0.25, 0.3) is 0 Å². The van der Waals surface area contributed by atoms with Crippen molar-refractivity contribution in [1.82, 2.24) is 10.3 Å². The summed E-state index contributed by atoms with van der Waals surface area (Å²) in [6, 6.07) is 8.68. The molecule has 0 aliphatic heterocycles. The molecule has 0 saturated heterocycles. The summed E-state index contributed by atoms with van der Waals surface area (Å²) in [6.07, 6.45) is 4.75. The fourth-order valence-corrected chi connectivity index (χ4v) is 4.03. The van der Waals surface area contributed by atoms with Crippen LogP contribution in [0.2, 0.25) is 0 Å². The van der Waals surface area contributed by atoms with Gasteiger partial charge in [-0.25, -0.2) is 4.98 Å². The van der Waals surface area contributed by atoms with E-state index in [0.717, 1.165) is 29.3 Å². The van der Waals surface area contributed by atoms with Crippen molar-refractivity contribution < 1.29 is 4.74 Å². The minimum atomic E-state index is 0.491. The number of methoxy groups -OCH3 is 1. The third-order valence-corrected chi connectivity index (χ3v) is 5.17. The molecule has 0 spiro atoms. The molecule has 0 bridgehead atoms. The van der Waals surface area contributed by atoms with E-state index in [4.69, 9.17) is 9.72 Å². The number of aromatic nitrogens is 1. The van der Waals surface area contributed by atoms with Crippen LogP contribution in [0.4, 0.5) is 0 Å². The maximum absolute atomic E-state index is 5.32. The lowest BCUT2D eigenvalue weighted by atomic mass is 9.98. The van der Waals surface area contributed by atoms with Crippen LogP contribution in [0.5, 0.6) is 5.75 Å². The lowest BCUT2D eigenvalue weighted by molar-refractivity contribution is 0.415. The van der Waals surface area contributed by atoms with Crippen LogP contribution in [0.3, 0.4) is 0 Å². The number of hydrogen-bond acceptors (Lipinski definition) is 4. The van der Waals surface area contributed by atoms with Gasteiger partial charge in [-0.05, 0) is 44.4 Å². The zero-order valence-corrected chi connectivity index (χ0v) is 13.5. The average molecular weight is 302 g/mol. The first-order chi connectivity index (χ1) is 10.3. The van der Waals surface area contributed by atoms with Crippen LogP contribution in [-0.4, -0.2) is 18.6 Å². The third-order valence-electron chi connectivity index (χ3n) is 3.91. The summed E-state index contributed by atoms with van der Waals surface area (Å²) in [5.41, 5.74) is 2.45. The van der Waals surface area contributed by atoms with Crippen LogP contribution in [0.25, 0.3) is 10.6 Å². The van der Waals surface area contributed by atoms with Gasteiger partial charge in [0.1, 0.15) is 10.8 Å². The molecule has 0 amide bonds. The van der Waals surface area contributed by atoms with E-state index in [-0.39, 0.29) is 0 Å². The van der Waals surface area contributed by atoms with Gasteiger partial charge in [0.2, 0.25) is 0 Å².